The van der Waals surface area contributed by atoms with E-state index in [2.05, 4.69) is 25.1 Å². The lowest BCUT2D eigenvalue weighted by Gasteiger charge is -2.34. The minimum atomic E-state index is -0.0403. The van der Waals surface area contributed by atoms with Gasteiger partial charge in [0, 0.05) is 37.4 Å². The van der Waals surface area contributed by atoms with Crippen molar-refractivity contribution in [2.45, 2.75) is 0 Å². The van der Waals surface area contributed by atoms with Crippen LogP contribution in [0.25, 0.3) is 10.2 Å². The van der Waals surface area contributed by atoms with Gasteiger partial charge in [0.05, 0.1) is 16.8 Å². The lowest BCUT2D eigenvalue weighted by molar-refractivity contribution is -0.117. The molecule has 6 nitrogen and oxygen atoms in total. The molecular weight excluding hydrogens is 370 g/mol. The van der Waals surface area contributed by atoms with Gasteiger partial charge in [0.2, 0.25) is 5.91 Å². The van der Waals surface area contributed by atoms with Crippen molar-refractivity contribution < 1.29 is 4.79 Å². The molecule has 1 aromatic carbocycles. The average Bonchev–Trinajstić information content (AvgIpc) is 3.04. The molecule has 1 fully saturated rings. The van der Waals surface area contributed by atoms with Crippen molar-refractivity contribution in [3.63, 3.8) is 0 Å². The van der Waals surface area contributed by atoms with E-state index in [0.717, 1.165) is 42.2 Å². The number of carbonyl (C=O) groups is 1. The molecule has 3 aromatic rings. The molecule has 2 aromatic heterocycles. The van der Waals surface area contributed by atoms with E-state index in [1.807, 2.05) is 30.3 Å². The quantitative estimate of drug-likeness (QED) is 0.745. The first-order valence-corrected chi connectivity index (χ1v) is 9.61. The third-order valence-electron chi connectivity index (χ3n) is 4.31. The zero-order valence-corrected chi connectivity index (χ0v) is 15.6. The van der Waals surface area contributed by atoms with Gasteiger partial charge in [0.15, 0.2) is 5.13 Å². The Balaban J connectivity index is 1.31. The molecule has 1 aliphatic rings. The van der Waals surface area contributed by atoms with Crippen LogP contribution in [0, 0.1) is 0 Å². The number of amides is 1. The fourth-order valence-electron chi connectivity index (χ4n) is 2.99. The lowest BCUT2D eigenvalue weighted by atomic mass is 10.3. The van der Waals surface area contributed by atoms with Crippen LogP contribution >= 0.6 is 22.9 Å². The van der Waals surface area contributed by atoms with Gasteiger partial charge < -0.3 is 10.2 Å². The lowest BCUT2D eigenvalue weighted by Crippen LogP contribution is -2.48. The van der Waals surface area contributed by atoms with E-state index in [1.54, 1.807) is 12.3 Å². The molecule has 0 saturated carbocycles. The number of rotatable bonds is 4. The molecule has 1 N–H and O–H groups in total. The summed E-state index contributed by atoms with van der Waals surface area (Å²) in [5.41, 5.74) is 0.846. The highest BCUT2D eigenvalue weighted by Gasteiger charge is 2.20. The van der Waals surface area contributed by atoms with E-state index in [-0.39, 0.29) is 5.91 Å². The highest BCUT2D eigenvalue weighted by atomic mass is 35.5. The number of anilines is 2. The fraction of sp³-hybridized carbons (Fsp3) is 0.278. The standard InChI is InChI=1S/C18H18ClN5OS/c19-13-4-5-14-15(11-13)26-18(21-14)22-17(25)12-23-7-9-24(10-8-23)16-3-1-2-6-20-16/h1-6,11H,7-10,12H2,(H,21,22,25). The number of carbonyl (C=O) groups excluding carboxylic acids is 1. The van der Waals surface area contributed by atoms with Gasteiger partial charge in [-0.15, -0.1) is 0 Å². The molecule has 26 heavy (non-hydrogen) atoms. The largest absolute Gasteiger partial charge is 0.354 e. The van der Waals surface area contributed by atoms with E-state index in [0.29, 0.717) is 16.7 Å². The summed E-state index contributed by atoms with van der Waals surface area (Å²) in [4.78, 5) is 25.5. The fourth-order valence-corrected chi connectivity index (χ4v) is 4.15. The molecule has 1 saturated heterocycles. The van der Waals surface area contributed by atoms with Crippen LogP contribution in [0.15, 0.2) is 42.6 Å². The van der Waals surface area contributed by atoms with Crippen LogP contribution in [0.3, 0.4) is 0 Å². The molecule has 0 spiro atoms. The summed E-state index contributed by atoms with van der Waals surface area (Å²) in [5.74, 6) is 0.950. The Labute approximate surface area is 160 Å². The number of thiazole rings is 1. The Kier molecular flexibility index (Phi) is 5.01. The summed E-state index contributed by atoms with van der Waals surface area (Å²) in [6.07, 6.45) is 1.81. The third-order valence-corrected chi connectivity index (χ3v) is 5.48. The highest BCUT2D eigenvalue weighted by molar-refractivity contribution is 7.22. The number of hydrogen-bond acceptors (Lipinski definition) is 6. The van der Waals surface area contributed by atoms with Crippen molar-refractivity contribution in [1.82, 2.24) is 14.9 Å². The molecule has 1 aliphatic heterocycles. The molecule has 8 heteroatoms. The maximum absolute atomic E-state index is 12.3. The second-order valence-corrected chi connectivity index (χ2v) is 7.60. The van der Waals surface area contributed by atoms with E-state index >= 15 is 0 Å². The van der Waals surface area contributed by atoms with Gasteiger partial charge >= 0.3 is 0 Å². The maximum atomic E-state index is 12.3. The summed E-state index contributed by atoms with van der Waals surface area (Å²) in [6.45, 7) is 3.76. The molecule has 134 valence electrons. The Morgan fingerprint density at radius 1 is 1.19 bits per heavy atom. The predicted molar refractivity (Wildman–Crippen MR) is 106 cm³/mol. The van der Waals surface area contributed by atoms with Gasteiger partial charge in [-0.3, -0.25) is 9.69 Å². The Morgan fingerprint density at radius 2 is 2.04 bits per heavy atom. The number of halogens is 1. The Hall–Kier alpha value is -2.22. The average molecular weight is 388 g/mol. The molecule has 3 heterocycles. The van der Waals surface area contributed by atoms with Crippen LogP contribution < -0.4 is 10.2 Å². The Bertz CT molecular complexity index is 908. The van der Waals surface area contributed by atoms with Gasteiger partial charge in [-0.25, -0.2) is 9.97 Å². The normalized spacial score (nSPS) is 15.3. The monoisotopic (exact) mass is 387 g/mol. The molecule has 0 aliphatic carbocycles. The number of pyridine rings is 1. The van der Waals surface area contributed by atoms with Crippen LogP contribution in [0.1, 0.15) is 0 Å². The number of nitrogens with one attached hydrogen (secondary N) is 1. The first-order chi connectivity index (χ1) is 12.7. The van der Waals surface area contributed by atoms with Crippen molar-refractivity contribution in [1.29, 1.82) is 0 Å². The van der Waals surface area contributed by atoms with Crippen molar-refractivity contribution in [2.24, 2.45) is 0 Å². The van der Waals surface area contributed by atoms with Crippen molar-refractivity contribution in [2.75, 3.05) is 42.9 Å². The molecule has 0 bridgehead atoms. The van der Waals surface area contributed by atoms with Gasteiger partial charge in [-0.05, 0) is 30.3 Å². The molecular formula is C18H18ClN5OS. The minimum Gasteiger partial charge on any atom is -0.354 e. The second kappa shape index (κ2) is 7.57. The highest BCUT2D eigenvalue weighted by Crippen LogP contribution is 2.28. The summed E-state index contributed by atoms with van der Waals surface area (Å²) in [7, 11) is 0. The van der Waals surface area contributed by atoms with E-state index in [1.165, 1.54) is 11.3 Å². The van der Waals surface area contributed by atoms with Crippen LogP contribution in [-0.4, -0.2) is 53.5 Å². The first-order valence-electron chi connectivity index (χ1n) is 8.42. The van der Waals surface area contributed by atoms with Crippen LogP contribution in [0.2, 0.25) is 5.02 Å². The van der Waals surface area contributed by atoms with Gasteiger partial charge in [0.25, 0.3) is 0 Å². The molecule has 4 rings (SSSR count). The second-order valence-electron chi connectivity index (χ2n) is 6.13. The van der Waals surface area contributed by atoms with Crippen LogP contribution in [-0.2, 0) is 4.79 Å². The zero-order chi connectivity index (χ0) is 17.9. The molecule has 1 amide bonds. The number of hydrogen-bond donors (Lipinski definition) is 1. The topological polar surface area (TPSA) is 61.4 Å². The molecule has 0 atom stereocenters. The molecule has 0 unspecified atom stereocenters. The van der Waals surface area contributed by atoms with Crippen LogP contribution in [0.5, 0.6) is 0 Å². The van der Waals surface area contributed by atoms with E-state index in [9.17, 15) is 4.79 Å². The van der Waals surface area contributed by atoms with Crippen LogP contribution in [0.4, 0.5) is 10.9 Å². The minimum absolute atomic E-state index is 0.0403. The van der Waals surface area contributed by atoms with Gasteiger partial charge in [0.1, 0.15) is 5.82 Å². The van der Waals surface area contributed by atoms with Crippen molar-refractivity contribution >= 4 is 50.0 Å². The van der Waals surface area contributed by atoms with E-state index in [4.69, 9.17) is 11.6 Å². The zero-order valence-electron chi connectivity index (χ0n) is 14.1. The summed E-state index contributed by atoms with van der Waals surface area (Å²) < 4.78 is 0.969. The third kappa shape index (κ3) is 3.95. The summed E-state index contributed by atoms with van der Waals surface area (Å²) >= 11 is 7.43. The van der Waals surface area contributed by atoms with Gasteiger partial charge in [-0.1, -0.05) is 29.0 Å². The number of fused-ring (bicyclic) bond motifs is 1. The first kappa shape index (κ1) is 17.2. The molecule has 0 radical (unpaired) electrons. The number of benzene rings is 1. The number of piperazine rings is 1. The van der Waals surface area contributed by atoms with E-state index < -0.39 is 0 Å². The SMILES string of the molecule is O=C(CN1CCN(c2ccccn2)CC1)Nc1nc2ccc(Cl)cc2s1. The number of nitrogens with zero attached hydrogens (tertiary/aromatic N) is 4. The van der Waals surface area contributed by atoms with Gasteiger partial charge in [-0.2, -0.15) is 0 Å². The Morgan fingerprint density at radius 3 is 2.81 bits per heavy atom. The predicted octanol–water partition coefficient (Wildman–Crippen LogP) is 3.11. The summed E-state index contributed by atoms with van der Waals surface area (Å²) in [5, 5.41) is 4.18. The number of aromatic nitrogens is 2. The maximum Gasteiger partial charge on any atom is 0.240 e. The smallest absolute Gasteiger partial charge is 0.240 e. The van der Waals surface area contributed by atoms with Crippen molar-refractivity contribution in [3.8, 4) is 0 Å². The van der Waals surface area contributed by atoms with Crippen molar-refractivity contribution in [3.05, 3.63) is 47.6 Å². The summed E-state index contributed by atoms with van der Waals surface area (Å²) in [6, 6.07) is 11.5.